The molecule has 0 saturated carbocycles. The maximum Gasteiger partial charge on any atom is 0.237 e. The zero-order chi connectivity index (χ0) is 13.6. The first-order valence-corrected chi connectivity index (χ1v) is 8.03. The molecule has 0 aromatic carbocycles. The van der Waals surface area contributed by atoms with Crippen LogP contribution in [0, 0.1) is 0 Å². The first kappa shape index (κ1) is 15.4. The van der Waals surface area contributed by atoms with Gasteiger partial charge in [0.25, 0.3) is 0 Å². The molecule has 0 radical (unpaired) electrons. The lowest BCUT2D eigenvalue weighted by Gasteiger charge is -2.16. The van der Waals surface area contributed by atoms with Crippen molar-refractivity contribution < 1.29 is 13.2 Å². The molecule has 0 aliphatic carbocycles. The van der Waals surface area contributed by atoms with E-state index in [0.717, 1.165) is 19.4 Å². The van der Waals surface area contributed by atoms with Crippen LogP contribution < -0.4 is 10.6 Å². The van der Waals surface area contributed by atoms with Crippen LogP contribution in [0.4, 0.5) is 0 Å². The van der Waals surface area contributed by atoms with Crippen LogP contribution in [0.1, 0.15) is 26.2 Å². The summed E-state index contributed by atoms with van der Waals surface area (Å²) in [4.78, 5) is 11.6. The van der Waals surface area contributed by atoms with Crippen molar-refractivity contribution in [1.29, 1.82) is 0 Å². The Balaban J connectivity index is 2.16. The van der Waals surface area contributed by atoms with Crippen molar-refractivity contribution in [2.24, 2.45) is 0 Å². The number of hydrogen-bond donors (Lipinski definition) is 2. The minimum absolute atomic E-state index is 0.0218. The smallest absolute Gasteiger partial charge is 0.237 e. The topological polar surface area (TPSA) is 78.5 Å². The van der Waals surface area contributed by atoms with E-state index in [4.69, 9.17) is 0 Å². The minimum atomic E-state index is -3.11. The Morgan fingerprint density at radius 3 is 2.78 bits per heavy atom. The number of sulfonamides is 1. The van der Waals surface area contributed by atoms with E-state index < -0.39 is 10.0 Å². The van der Waals surface area contributed by atoms with E-state index in [1.54, 1.807) is 14.0 Å². The Hall–Kier alpha value is -0.660. The van der Waals surface area contributed by atoms with Crippen molar-refractivity contribution in [1.82, 2.24) is 14.9 Å². The zero-order valence-electron chi connectivity index (χ0n) is 11.1. The SMILES string of the molecule is CCS(=O)(=O)N(C)CCCNC(=O)C1CCCN1. The number of carbonyl (C=O) groups excluding carboxylic acids is 1. The van der Waals surface area contributed by atoms with Crippen molar-refractivity contribution in [2.45, 2.75) is 32.2 Å². The first-order chi connectivity index (χ1) is 8.47. The summed E-state index contributed by atoms with van der Waals surface area (Å²) in [5, 5.41) is 5.95. The van der Waals surface area contributed by atoms with Crippen molar-refractivity contribution in [3.63, 3.8) is 0 Å². The van der Waals surface area contributed by atoms with Gasteiger partial charge in [-0.1, -0.05) is 0 Å². The molecule has 7 heteroatoms. The molecule has 0 aromatic rings. The van der Waals surface area contributed by atoms with Crippen LogP contribution in [-0.4, -0.2) is 57.1 Å². The van der Waals surface area contributed by atoms with Crippen molar-refractivity contribution in [2.75, 3.05) is 32.4 Å². The van der Waals surface area contributed by atoms with E-state index in [0.29, 0.717) is 19.5 Å². The molecule has 0 bridgehead atoms. The summed E-state index contributed by atoms with van der Waals surface area (Å²) in [5.74, 6) is 0.135. The number of carbonyl (C=O) groups is 1. The molecule has 0 aromatic heterocycles. The summed E-state index contributed by atoms with van der Waals surface area (Å²) in [5.41, 5.74) is 0. The van der Waals surface area contributed by atoms with Crippen LogP contribution in [0.15, 0.2) is 0 Å². The van der Waals surface area contributed by atoms with E-state index in [1.165, 1.54) is 4.31 Å². The van der Waals surface area contributed by atoms with Crippen molar-refractivity contribution >= 4 is 15.9 Å². The second-order valence-electron chi connectivity index (χ2n) is 4.52. The Morgan fingerprint density at radius 2 is 2.22 bits per heavy atom. The lowest BCUT2D eigenvalue weighted by Crippen LogP contribution is -2.41. The monoisotopic (exact) mass is 277 g/mol. The number of hydrogen-bond acceptors (Lipinski definition) is 4. The van der Waals surface area contributed by atoms with Crippen molar-refractivity contribution in [3.8, 4) is 0 Å². The standard InChI is InChI=1S/C11H23N3O3S/c1-3-18(16,17)14(2)9-5-8-13-11(15)10-6-4-7-12-10/h10,12H,3-9H2,1-2H3,(H,13,15). The molecule has 1 aliphatic rings. The van der Waals surface area contributed by atoms with E-state index in [9.17, 15) is 13.2 Å². The van der Waals surface area contributed by atoms with Gasteiger partial charge >= 0.3 is 0 Å². The molecule has 0 spiro atoms. The van der Waals surface area contributed by atoms with Gasteiger partial charge in [-0.15, -0.1) is 0 Å². The predicted molar refractivity (Wildman–Crippen MR) is 70.7 cm³/mol. The van der Waals surface area contributed by atoms with Gasteiger partial charge in [-0.05, 0) is 32.7 Å². The number of nitrogens with one attached hydrogen (secondary N) is 2. The molecule has 18 heavy (non-hydrogen) atoms. The largest absolute Gasteiger partial charge is 0.355 e. The normalized spacial score (nSPS) is 20.3. The van der Waals surface area contributed by atoms with Gasteiger partial charge in [0.05, 0.1) is 11.8 Å². The van der Waals surface area contributed by atoms with Crippen molar-refractivity contribution in [3.05, 3.63) is 0 Å². The highest BCUT2D eigenvalue weighted by Crippen LogP contribution is 2.04. The van der Waals surface area contributed by atoms with E-state index in [2.05, 4.69) is 10.6 Å². The van der Waals surface area contributed by atoms with Gasteiger partial charge in [-0.25, -0.2) is 12.7 Å². The lowest BCUT2D eigenvalue weighted by atomic mass is 10.2. The summed E-state index contributed by atoms with van der Waals surface area (Å²) in [6, 6.07) is -0.0675. The number of rotatable bonds is 7. The maximum atomic E-state index is 11.6. The molecular formula is C11H23N3O3S. The zero-order valence-corrected chi connectivity index (χ0v) is 11.9. The highest BCUT2D eigenvalue weighted by atomic mass is 32.2. The predicted octanol–water partition coefficient (Wildman–Crippen LogP) is -0.474. The second kappa shape index (κ2) is 7.06. The van der Waals surface area contributed by atoms with Gasteiger partial charge in [-0.3, -0.25) is 4.79 Å². The molecular weight excluding hydrogens is 254 g/mol. The fourth-order valence-corrected chi connectivity index (χ4v) is 2.75. The third-order valence-electron chi connectivity index (χ3n) is 3.17. The van der Waals surface area contributed by atoms with Gasteiger partial charge in [0.1, 0.15) is 0 Å². The maximum absolute atomic E-state index is 11.6. The Labute approximate surface area is 109 Å². The molecule has 1 amide bonds. The molecule has 1 fully saturated rings. The average Bonchev–Trinajstić information content (AvgIpc) is 2.87. The quantitative estimate of drug-likeness (QED) is 0.617. The van der Waals surface area contributed by atoms with Gasteiger partial charge in [-0.2, -0.15) is 0 Å². The Bertz CT molecular complexity index is 364. The fraction of sp³-hybridized carbons (Fsp3) is 0.909. The third-order valence-corrected chi connectivity index (χ3v) is 5.03. The highest BCUT2D eigenvalue weighted by molar-refractivity contribution is 7.89. The van der Waals surface area contributed by atoms with Gasteiger partial charge in [0.2, 0.25) is 15.9 Å². The molecule has 1 saturated heterocycles. The number of amides is 1. The van der Waals surface area contributed by atoms with Crippen LogP contribution in [0.3, 0.4) is 0 Å². The van der Waals surface area contributed by atoms with Crippen LogP contribution in [-0.2, 0) is 14.8 Å². The summed E-state index contributed by atoms with van der Waals surface area (Å²) in [6.45, 7) is 3.48. The minimum Gasteiger partial charge on any atom is -0.355 e. The van der Waals surface area contributed by atoms with E-state index >= 15 is 0 Å². The molecule has 1 aliphatic heterocycles. The molecule has 1 unspecified atom stereocenters. The van der Waals surface area contributed by atoms with E-state index in [-0.39, 0.29) is 17.7 Å². The first-order valence-electron chi connectivity index (χ1n) is 6.42. The average molecular weight is 277 g/mol. The summed E-state index contributed by atoms with van der Waals surface area (Å²) in [7, 11) is -1.54. The Morgan fingerprint density at radius 1 is 1.50 bits per heavy atom. The lowest BCUT2D eigenvalue weighted by molar-refractivity contribution is -0.122. The molecule has 1 rings (SSSR count). The third kappa shape index (κ3) is 4.55. The number of nitrogens with zero attached hydrogens (tertiary/aromatic N) is 1. The van der Waals surface area contributed by atoms with Gasteiger partial charge in [0.15, 0.2) is 0 Å². The molecule has 1 atom stereocenters. The summed E-state index contributed by atoms with van der Waals surface area (Å²) >= 11 is 0. The summed E-state index contributed by atoms with van der Waals surface area (Å²) < 4.78 is 24.3. The molecule has 2 N–H and O–H groups in total. The highest BCUT2D eigenvalue weighted by Gasteiger charge is 2.21. The van der Waals surface area contributed by atoms with Crippen LogP contribution in [0.2, 0.25) is 0 Å². The van der Waals surface area contributed by atoms with Crippen LogP contribution in [0.25, 0.3) is 0 Å². The van der Waals surface area contributed by atoms with Gasteiger partial charge < -0.3 is 10.6 Å². The second-order valence-corrected chi connectivity index (χ2v) is 6.88. The Kier molecular flexibility index (Phi) is 6.04. The fourth-order valence-electron chi connectivity index (χ4n) is 1.90. The molecule has 106 valence electrons. The van der Waals surface area contributed by atoms with E-state index in [1.807, 2.05) is 0 Å². The van der Waals surface area contributed by atoms with Crippen LogP contribution in [0.5, 0.6) is 0 Å². The van der Waals surface area contributed by atoms with Gasteiger partial charge in [0, 0.05) is 20.1 Å². The molecule has 6 nitrogen and oxygen atoms in total. The summed E-state index contributed by atoms with van der Waals surface area (Å²) in [6.07, 6.45) is 2.56. The van der Waals surface area contributed by atoms with Crippen LogP contribution >= 0.6 is 0 Å². The molecule has 1 heterocycles.